The van der Waals surface area contributed by atoms with Crippen LogP contribution in [0.5, 0.6) is 0 Å². The number of benzene rings is 8. The van der Waals surface area contributed by atoms with E-state index >= 15 is 0 Å². The van der Waals surface area contributed by atoms with Crippen LogP contribution in [0.4, 0.5) is 0 Å². The van der Waals surface area contributed by atoms with Crippen molar-refractivity contribution in [3.05, 3.63) is 200 Å². The van der Waals surface area contributed by atoms with Gasteiger partial charge in [-0.1, -0.05) is 164 Å². The summed E-state index contributed by atoms with van der Waals surface area (Å²) in [5, 5.41) is 7.01. The molecule has 5 nitrogen and oxygen atoms in total. The van der Waals surface area contributed by atoms with Crippen LogP contribution in [-0.2, 0) is 0 Å². The van der Waals surface area contributed by atoms with E-state index in [1.54, 1.807) is 0 Å². The third-order valence-corrected chi connectivity index (χ3v) is 11.5. The molecule has 0 aliphatic heterocycles. The largest absolute Gasteiger partial charge is 0.309 e. The Balaban J connectivity index is 1.20. The number of aromatic nitrogens is 5. The molecule has 0 N–H and O–H groups in total. The molecule has 5 heteroatoms. The van der Waals surface area contributed by atoms with Crippen LogP contribution in [0.2, 0.25) is 0 Å². The molecule has 0 fully saturated rings. The number of hydrogen-bond donors (Lipinski definition) is 0. The van der Waals surface area contributed by atoms with Gasteiger partial charge in [0.1, 0.15) is 0 Å². The van der Waals surface area contributed by atoms with Crippen molar-refractivity contribution < 1.29 is 0 Å². The van der Waals surface area contributed by atoms with Gasteiger partial charge in [-0.15, -0.1) is 0 Å². The molecule has 0 bridgehead atoms. The molecule has 4 heterocycles. The Morgan fingerprint density at radius 3 is 1.48 bits per heavy atom. The minimum atomic E-state index is 0.568. The van der Waals surface area contributed by atoms with Gasteiger partial charge >= 0.3 is 0 Å². The summed E-state index contributed by atoms with van der Waals surface area (Å²) in [6.07, 6.45) is 0. The van der Waals surface area contributed by atoms with Gasteiger partial charge < -0.3 is 4.40 Å². The van der Waals surface area contributed by atoms with Crippen LogP contribution >= 0.6 is 0 Å². The Kier molecular flexibility index (Phi) is 7.16. The van der Waals surface area contributed by atoms with Crippen molar-refractivity contribution in [1.82, 2.24) is 23.9 Å². The van der Waals surface area contributed by atoms with E-state index in [2.05, 4.69) is 197 Å². The maximum atomic E-state index is 5.41. The summed E-state index contributed by atoms with van der Waals surface area (Å²) in [6, 6.07) is 70.8. The van der Waals surface area contributed by atoms with E-state index in [1.807, 2.05) is 12.1 Å². The molecule has 4 aromatic heterocycles. The maximum Gasteiger partial charge on any atom is 0.238 e. The SMILES string of the molecule is c1ccc(-c2cccc(-c3nc(-c4cccc(-c5ccccc5)c4)nc(-n4c5ccccc5c5ccc6c(c7ccccc7n7c8ccccc8cc67)c54)n3)c2)cc1. The fraction of sp³-hybridized carbons (Fsp3) is 0. The molecule has 8 aromatic carbocycles. The zero-order valence-electron chi connectivity index (χ0n) is 31.3. The number of nitrogens with zero attached hydrogens (tertiary/aromatic N) is 5. The van der Waals surface area contributed by atoms with Gasteiger partial charge in [-0.3, -0.25) is 4.57 Å². The van der Waals surface area contributed by atoms with E-state index in [4.69, 9.17) is 15.0 Å². The molecular formula is C53H33N5. The average molecular weight is 740 g/mol. The maximum absolute atomic E-state index is 5.41. The van der Waals surface area contributed by atoms with Crippen LogP contribution in [0.15, 0.2) is 200 Å². The molecule has 0 saturated carbocycles. The van der Waals surface area contributed by atoms with Crippen molar-refractivity contribution in [2.75, 3.05) is 0 Å². The summed E-state index contributed by atoms with van der Waals surface area (Å²) in [5.74, 6) is 1.79. The summed E-state index contributed by atoms with van der Waals surface area (Å²) < 4.78 is 4.68. The zero-order valence-corrected chi connectivity index (χ0v) is 31.3. The van der Waals surface area contributed by atoms with Gasteiger partial charge in [-0.2, -0.15) is 9.97 Å². The minimum absolute atomic E-state index is 0.568. The molecule has 0 atom stereocenters. The Bertz CT molecular complexity index is 3460. The molecular weight excluding hydrogens is 707 g/mol. The lowest BCUT2D eigenvalue weighted by Gasteiger charge is -2.15. The second kappa shape index (κ2) is 12.8. The lowest BCUT2D eigenvalue weighted by atomic mass is 10.0. The van der Waals surface area contributed by atoms with Crippen LogP contribution in [0, 0.1) is 0 Å². The standard InChI is InChI=1S/C53H33N5/c1-3-15-34(16-4-1)36-20-13-22-39(31-36)51-54-52(40-23-14-21-37(32-40)35-17-5-2-6-18-35)56-53(55-51)58-46-27-11-8-24-41(46)42-29-30-44-48-33-38-19-7-10-26-45(38)57(48)47-28-12-9-25-43(47)49(44)50(42)58/h1-33H. The second-order valence-electron chi connectivity index (χ2n) is 14.9. The molecule has 0 unspecified atom stereocenters. The Hall–Kier alpha value is -7.89. The Labute approximate surface area is 333 Å². The minimum Gasteiger partial charge on any atom is -0.309 e. The number of para-hydroxylation sites is 3. The highest BCUT2D eigenvalue weighted by Crippen LogP contribution is 2.42. The summed E-state index contributed by atoms with van der Waals surface area (Å²) >= 11 is 0. The van der Waals surface area contributed by atoms with Gasteiger partial charge in [0.05, 0.1) is 27.6 Å². The predicted octanol–water partition coefficient (Wildman–Crippen LogP) is 13.3. The van der Waals surface area contributed by atoms with E-state index in [1.165, 1.54) is 32.6 Å². The zero-order chi connectivity index (χ0) is 38.2. The Morgan fingerprint density at radius 2 is 0.810 bits per heavy atom. The first-order valence-corrected chi connectivity index (χ1v) is 19.6. The van der Waals surface area contributed by atoms with E-state index in [0.29, 0.717) is 17.6 Å². The smallest absolute Gasteiger partial charge is 0.238 e. The summed E-state index contributed by atoms with van der Waals surface area (Å²) in [4.78, 5) is 16.1. The van der Waals surface area contributed by atoms with Gasteiger partial charge in [0.15, 0.2) is 11.6 Å². The summed E-state index contributed by atoms with van der Waals surface area (Å²) in [5.41, 5.74) is 11.9. The van der Waals surface area contributed by atoms with Gasteiger partial charge in [0.25, 0.3) is 0 Å². The van der Waals surface area contributed by atoms with Crippen molar-refractivity contribution in [3.8, 4) is 51.0 Å². The number of rotatable bonds is 5. The van der Waals surface area contributed by atoms with Crippen LogP contribution < -0.4 is 0 Å². The molecule has 12 rings (SSSR count). The molecule has 0 aliphatic rings. The van der Waals surface area contributed by atoms with Gasteiger partial charge in [-0.25, -0.2) is 4.98 Å². The van der Waals surface area contributed by atoms with Gasteiger partial charge in [-0.05, 0) is 58.7 Å². The monoisotopic (exact) mass is 739 g/mol. The summed E-state index contributed by atoms with van der Waals surface area (Å²) in [6.45, 7) is 0. The normalized spacial score (nSPS) is 11.8. The van der Waals surface area contributed by atoms with E-state index in [9.17, 15) is 0 Å². The molecule has 0 radical (unpaired) electrons. The van der Waals surface area contributed by atoms with Crippen LogP contribution in [0.1, 0.15) is 0 Å². The first kappa shape index (κ1) is 32.4. The molecule has 0 amide bonds. The van der Waals surface area contributed by atoms with Gasteiger partial charge in [0.2, 0.25) is 5.95 Å². The molecule has 12 aromatic rings. The van der Waals surface area contributed by atoms with Crippen molar-refractivity contribution >= 4 is 59.9 Å². The predicted molar refractivity (Wildman–Crippen MR) is 239 cm³/mol. The third kappa shape index (κ3) is 5.00. The molecule has 270 valence electrons. The summed E-state index contributed by atoms with van der Waals surface area (Å²) in [7, 11) is 0. The third-order valence-electron chi connectivity index (χ3n) is 11.5. The van der Waals surface area contributed by atoms with Gasteiger partial charge in [0, 0.05) is 43.4 Å². The first-order chi connectivity index (χ1) is 28.8. The molecule has 0 saturated heterocycles. The quantitative estimate of drug-likeness (QED) is 0.165. The highest BCUT2D eigenvalue weighted by Gasteiger charge is 2.23. The fourth-order valence-electron chi connectivity index (χ4n) is 8.90. The average Bonchev–Trinajstić information content (AvgIpc) is 3.86. The number of fused-ring (bicyclic) bond motifs is 12. The Morgan fingerprint density at radius 1 is 0.310 bits per heavy atom. The highest BCUT2D eigenvalue weighted by atomic mass is 15.2. The molecule has 0 spiro atoms. The van der Waals surface area contributed by atoms with E-state index < -0.39 is 0 Å². The van der Waals surface area contributed by atoms with Crippen LogP contribution in [0.3, 0.4) is 0 Å². The van der Waals surface area contributed by atoms with Crippen molar-refractivity contribution in [1.29, 1.82) is 0 Å². The van der Waals surface area contributed by atoms with Crippen LogP contribution in [0.25, 0.3) is 111 Å². The van der Waals surface area contributed by atoms with Crippen molar-refractivity contribution in [3.63, 3.8) is 0 Å². The lowest BCUT2D eigenvalue weighted by Crippen LogP contribution is -2.07. The number of hydrogen-bond acceptors (Lipinski definition) is 3. The van der Waals surface area contributed by atoms with E-state index in [-0.39, 0.29) is 0 Å². The fourth-order valence-corrected chi connectivity index (χ4v) is 8.90. The second-order valence-corrected chi connectivity index (χ2v) is 14.9. The van der Waals surface area contributed by atoms with Crippen molar-refractivity contribution in [2.24, 2.45) is 0 Å². The number of pyridine rings is 1. The molecule has 58 heavy (non-hydrogen) atoms. The molecule has 0 aliphatic carbocycles. The lowest BCUT2D eigenvalue weighted by molar-refractivity contribution is 0.955. The highest BCUT2D eigenvalue weighted by molar-refractivity contribution is 6.28. The van der Waals surface area contributed by atoms with Crippen molar-refractivity contribution in [2.45, 2.75) is 0 Å². The topological polar surface area (TPSA) is 48.0 Å². The first-order valence-electron chi connectivity index (χ1n) is 19.6. The van der Waals surface area contributed by atoms with Crippen LogP contribution in [-0.4, -0.2) is 23.9 Å². The van der Waals surface area contributed by atoms with E-state index in [0.717, 1.165) is 60.7 Å².